The summed E-state index contributed by atoms with van der Waals surface area (Å²) in [6.45, 7) is 4.57. The first-order chi connectivity index (χ1) is 9.08. The molecule has 1 aromatic carbocycles. The first kappa shape index (κ1) is 14.0. The van der Waals surface area contributed by atoms with Crippen molar-refractivity contribution < 1.29 is 9.59 Å². The van der Waals surface area contributed by atoms with Crippen LogP contribution >= 0.6 is 15.9 Å². The molecule has 5 nitrogen and oxygen atoms in total. The molecule has 2 rings (SSSR count). The smallest absolute Gasteiger partial charge is 0.313 e. The monoisotopic (exact) mass is 325 g/mol. The van der Waals surface area contributed by atoms with E-state index < -0.39 is 11.8 Å². The van der Waals surface area contributed by atoms with Crippen LogP contribution in [0.2, 0.25) is 0 Å². The summed E-state index contributed by atoms with van der Waals surface area (Å²) in [6, 6.07) is 5.45. The van der Waals surface area contributed by atoms with E-state index in [1.54, 1.807) is 17.0 Å². The summed E-state index contributed by atoms with van der Waals surface area (Å²) in [5, 5.41) is 5.77. The van der Waals surface area contributed by atoms with Gasteiger partial charge in [0.05, 0.1) is 0 Å². The molecule has 0 unspecified atom stereocenters. The Bertz CT molecular complexity index is 499. The van der Waals surface area contributed by atoms with E-state index >= 15 is 0 Å². The highest BCUT2D eigenvalue weighted by Crippen LogP contribution is 2.20. The highest BCUT2D eigenvalue weighted by Gasteiger charge is 2.23. The van der Waals surface area contributed by atoms with Crippen LogP contribution in [0.5, 0.6) is 0 Å². The van der Waals surface area contributed by atoms with Crippen molar-refractivity contribution in [3.05, 3.63) is 28.2 Å². The minimum atomic E-state index is -0.586. The molecular formula is C13H16BrN3O2. The third-order valence-corrected chi connectivity index (χ3v) is 3.88. The summed E-state index contributed by atoms with van der Waals surface area (Å²) in [6.07, 6.45) is 0. The molecule has 2 amide bonds. The van der Waals surface area contributed by atoms with Gasteiger partial charge in [-0.2, -0.15) is 0 Å². The first-order valence-electron chi connectivity index (χ1n) is 6.15. The van der Waals surface area contributed by atoms with E-state index in [4.69, 9.17) is 0 Å². The van der Waals surface area contributed by atoms with Crippen LogP contribution in [-0.2, 0) is 9.59 Å². The Hall–Kier alpha value is -1.40. The maximum Gasteiger partial charge on any atom is 0.313 e. The van der Waals surface area contributed by atoms with Gasteiger partial charge in [0.25, 0.3) is 0 Å². The number of carbonyl (C=O) groups is 2. The first-order valence-corrected chi connectivity index (χ1v) is 6.94. The normalized spacial score (nSPS) is 15.2. The molecule has 0 atom stereocenters. The highest BCUT2D eigenvalue weighted by atomic mass is 79.9. The van der Waals surface area contributed by atoms with Crippen LogP contribution in [0.3, 0.4) is 0 Å². The van der Waals surface area contributed by atoms with Crippen molar-refractivity contribution in [2.75, 3.05) is 31.5 Å². The van der Waals surface area contributed by atoms with Crippen LogP contribution in [0.15, 0.2) is 22.7 Å². The van der Waals surface area contributed by atoms with E-state index in [0.29, 0.717) is 18.8 Å². The molecule has 2 N–H and O–H groups in total. The van der Waals surface area contributed by atoms with Crippen molar-refractivity contribution in [1.82, 2.24) is 10.2 Å². The average Bonchev–Trinajstić information content (AvgIpc) is 2.43. The number of nitrogens with one attached hydrogen (secondary N) is 2. The zero-order valence-electron chi connectivity index (χ0n) is 10.7. The predicted octanol–water partition coefficient (Wildman–Crippen LogP) is 1.13. The number of hydrogen-bond donors (Lipinski definition) is 2. The standard InChI is InChI=1S/C13H16BrN3O2/c1-9-2-3-10(8-11(9)14)16-12(18)13(19)17-6-4-15-5-7-17/h2-3,8,15H,4-7H2,1H3,(H,16,18). The molecule has 0 bridgehead atoms. The highest BCUT2D eigenvalue weighted by molar-refractivity contribution is 9.10. The van der Waals surface area contributed by atoms with Crippen LogP contribution in [0.25, 0.3) is 0 Å². The maximum atomic E-state index is 11.9. The van der Waals surface area contributed by atoms with Crippen LogP contribution in [-0.4, -0.2) is 42.9 Å². The van der Waals surface area contributed by atoms with Crippen molar-refractivity contribution in [1.29, 1.82) is 0 Å². The van der Waals surface area contributed by atoms with Gasteiger partial charge in [0.2, 0.25) is 0 Å². The summed E-state index contributed by atoms with van der Waals surface area (Å²) in [5.41, 5.74) is 1.69. The summed E-state index contributed by atoms with van der Waals surface area (Å²) >= 11 is 3.39. The van der Waals surface area contributed by atoms with Gasteiger partial charge in [-0.1, -0.05) is 22.0 Å². The zero-order valence-corrected chi connectivity index (χ0v) is 12.3. The topological polar surface area (TPSA) is 61.4 Å². The molecule has 0 saturated carbocycles. The predicted molar refractivity (Wildman–Crippen MR) is 77.0 cm³/mol. The van der Waals surface area contributed by atoms with Crippen LogP contribution in [0.1, 0.15) is 5.56 Å². The van der Waals surface area contributed by atoms with Crippen LogP contribution in [0.4, 0.5) is 5.69 Å². The Labute approximate surface area is 120 Å². The minimum absolute atomic E-state index is 0.474. The van der Waals surface area contributed by atoms with Gasteiger partial charge in [-0.05, 0) is 24.6 Å². The van der Waals surface area contributed by atoms with E-state index in [9.17, 15) is 9.59 Å². The Morgan fingerprint density at radius 1 is 1.32 bits per heavy atom. The van der Waals surface area contributed by atoms with Gasteiger partial charge in [-0.15, -0.1) is 0 Å². The number of halogens is 1. The SMILES string of the molecule is Cc1ccc(NC(=O)C(=O)N2CCNCC2)cc1Br. The lowest BCUT2D eigenvalue weighted by Crippen LogP contribution is -2.49. The van der Waals surface area contributed by atoms with E-state index in [1.807, 2.05) is 13.0 Å². The van der Waals surface area contributed by atoms with Gasteiger partial charge in [0.1, 0.15) is 0 Å². The third kappa shape index (κ3) is 3.54. The lowest BCUT2D eigenvalue weighted by Gasteiger charge is -2.26. The summed E-state index contributed by atoms with van der Waals surface area (Å²) in [5.74, 6) is -1.06. The molecule has 1 heterocycles. The number of rotatable bonds is 1. The van der Waals surface area contributed by atoms with Crippen molar-refractivity contribution in [2.24, 2.45) is 0 Å². The van der Waals surface area contributed by atoms with E-state index in [-0.39, 0.29) is 0 Å². The Morgan fingerprint density at radius 3 is 2.63 bits per heavy atom. The van der Waals surface area contributed by atoms with Crippen LogP contribution < -0.4 is 10.6 Å². The van der Waals surface area contributed by atoms with Gasteiger partial charge in [-0.25, -0.2) is 0 Å². The van der Waals surface area contributed by atoms with E-state index in [2.05, 4.69) is 26.6 Å². The number of anilines is 1. The number of aryl methyl sites for hydroxylation is 1. The number of nitrogens with zero attached hydrogens (tertiary/aromatic N) is 1. The molecule has 0 aliphatic carbocycles. The fraction of sp³-hybridized carbons (Fsp3) is 0.385. The molecule has 19 heavy (non-hydrogen) atoms. The number of hydrogen-bond acceptors (Lipinski definition) is 3. The van der Waals surface area contributed by atoms with Crippen molar-refractivity contribution in [3.63, 3.8) is 0 Å². The lowest BCUT2D eigenvalue weighted by atomic mass is 10.2. The van der Waals surface area contributed by atoms with Crippen molar-refractivity contribution in [3.8, 4) is 0 Å². The van der Waals surface area contributed by atoms with Gasteiger partial charge in [0, 0.05) is 36.3 Å². The molecule has 1 fully saturated rings. The molecule has 1 aliphatic heterocycles. The molecule has 102 valence electrons. The molecular weight excluding hydrogens is 310 g/mol. The molecule has 1 aromatic rings. The second-order valence-corrected chi connectivity index (χ2v) is 5.31. The number of benzene rings is 1. The number of amides is 2. The van der Waals surface area contributed by atoms with E-state index in [0.717, 1.165) is 23.1 Å². The molecule has 6 heteroatoms. The summed E-state index contributed by atoms with van der Waals surface area (Å²) in [7, 11) is 0. The zero-order chi connectivity index (χ0) is 13.8. The Balaban J connectivity index is 1.99. The van der Waals surface area contributed by atoms with Crippen molar-refractivity contribution in [2.45, 2.75) is 6.92 Å². The fourth-order valence-electron chi connectivity index (χ4n) is 1.87. The van der Waals surface area contributed by atoms with Crippen molar-refractivity contribution >= 4 is 33.4 Å². The largest absolute Gasteiger partial charge is 0.332 e. The lowest BCUT2D eigenvalue weighted by molar-refractivity contribution is -0.143. The fourth-order valence-corrected chi connectivity index (χ4v) is 2.25. The minimum Gasteiger partial charge on any atom is -0.332 e. The maximum absolute atomic E-state index is 11.9. The Kier molecular flexibility index (Phi) is 4.55. The Morgan fingerprint density at radius 2 is 2.00 bits per heavy atom. The van der Waals surface area contributed by atoms with Crippen LogP contribution in [0, 0.1) is 6.92 Å². The average molecular weight is 326 g/mol. The second-order valence-electron chi connectivity index (χ2n) is 4.46. The molecule has 1 aliphatic rings. The molecule has 1 saturated heterocycles. The summed E-state index contributed by atoms with van der Waals surface area (Å²) in [4.78, 5) is 25.4. The molecule has 0 aromatic heterocycles. The van der Waals surface area contributed by atoms with Gasteiger partial charge in [-0.3, -0.25) is 9.59 Å². The van der Waals surface area contributed by atoms with Gasteiger partial charge < -0.3 is 15.5 Å². The third-order valence-electron chi connectivity index (χ3n) is 3.03. The molecule has 0 spiro atoms. The van der Waals surface area contributed by atoms with E-state index in [1.165, 1.54) is 0 Å². The second kappa shape index (κ2) is 6.16. The van der Waals surface area contributed by atoms with Gasteiger partial charge in [0.15, 0.2) is 0 Å². The number of carbonyl (C=O) groups excluding carboxylic acids is 2. The molecule has 0 radical (unpaired) electrons. The number of piperazine rings is 1. The summed E-state index contributed by atoms with van der Waals surface area (Å²) < 4.78 is 0.903. The quantitative estimate of drug-likeness (QED) is 0.761. The van der Waals surface area contributed by atoms with Gasteiger partial charge >= 0.3 is 11.8 Å².